The molecule has 1 aromatic heterocycles. The molecule has 0 radical (unpaired) electrons. The number of likely N-dealkylation sites (tertiary alicyclic amines) is 1. The summed E-state index contributed by atoms with van der Waals surface area (Å²) in [7, 11) is 0. The number of H-pyrrole nitrogens is 1. The summed E-state index contributed by atoms with van der Waals surface area (Å²) in [6.07, 6.45) is 0.433. The number of rotatable bonds is 3. The van der Waals surface area contributed by atoms with Crippen molar-refractivity contribution in [3.8, 4) is 0 Å². The van der Waals surface area contributed by atoms with E-state index in [0.29, 0.717) is 31.9 Å². The SMILES string of the molecule is CC(C)N1CC(C(=O)Nc2n[nH]c3c2CCN(C(=O)OC(C)(C)C)C3)CC1=O. The lowest BCUT2D eigenvalue weighted by Crippen LogP contribution is -2.40. The molecule has 1 unspecified atom stereocenters. The number of ether oxygens (including phenoxy) is 1. The maximum Gasteiger partial charge on any atom is 0.410 e. The van der Waals surface area contributed by atoms with Gasteiger partial charge in [-0.25, -0.2) is 4.79 Å². The van der Waals surface area contributed by atoms with Crippen LogP contribution >= 0.6 is 0 Å². The Kier molecular flexibility index (Phi) is 5.36. The Labute approximate surface area is 164 Å². The Hall–Kier alpha value is -2.58. The first kappa shape index (κ1) is 20.2. The van der Waals surface area contributed by atoms with Crippen molar-refractivity contribution in [2.75, 3.05) is 18.4 Å². The van der Waals surface area contributed by atoms with Crippen molar-refractivity contribution in [2.45, 2.75) is 65.6 Å². The molecule has 0 saturated carbocycles. The first-order valence-corrected chi connectivity index (χ1v) is 9.69. The van der Waals surface area contributed by atoms with Crippen LogP contribution in [-0.4, -0.2) is 62.6 Å². The van der Waals surface area contributed by atoms with Crippen molar-refractivity contribution in [3.63, 3.8) is 0 Å². The second-order valence-corrected chi connectivity index (χ2v) is 8.71. The van der Waals surface area contributed by atoms with Crippen molar-refractivity contribution >= 4 is 23.7 Å². The van der Waals surface area contributed by atoms with Crippen LogP contribution < -0.4 is 5.32 Å². The van der Waals surface area contributed by atoms with E-state index in [0.717, 1.165) is 11.3 Å². The molecule has 0 spiro atoms. The third-order valence-electron chi connectivity index (χ3n) is 4.98. The van der Waals surface area contributed by atoms with E-state index < -0.39 is 5.60 Å². The number of nitrogens with zero attached hydrogens (tertiary/aromatic N) is 3. The van der Waals surface area contributed by atoms with E-state index in [9.17, 15) is 14.4 Å². The highest BCUT2D eigenvalue weighted by Gasteiger charge is 2.36. The normalized spacial score (nSPS) is 19.8. The number of aromatic nitrogens is 2. The summed E-state index contributed by atoms with van der Waals surface area (Å²) >= 11 is 0. The minimum absolute atomic E-state index is 0.00668. The van der Waals surface area contributed by atoms with Gasteiger partial charge in [-0.3, -0.25) is 14.7 Å². The van der Waals surface area contributed by atoms with Crippen molar-refractivity contribution in [3.05, 3.63) is 11.3 Å². The Balaban J connectivity index is 1.62. The Bertz CT molecular complexity index is 780. The lowest BCUT2D eigenvalue weighted by atomic mass is 10.1. The molecule has 1 aromatic rings. The summed E-state index contributed by atoms with van der Waals surface area (Å²) in [5.74, 6) is -0.0732. The van der Waals surface area contributed by atoms with Crippen LogP contribution in [0.2, 0.25) is 0 Å². The zero-order chi connectivity index (χ0) is 20.6. The first-order valence-electron chi connectivity index (χ1n) is 9.69. The molecule has 3 heterocycles. The van der Waals surface area contributed by atoms with Crippen LogP contribution in [0, 0.1) is 5.92 Å². The average molecular weight is 391 g/mol. The molecule has 0 aliphatic carbocycles. The number of fused-ring (bicyclic) bond motifs is 1. The minimum atomic E-state index is -0.549. The molecular formula is C19H29N5O4. The van der Waals surface area contributed by atoms with Gasteiger partial charge in [0, 0.05) is 31.1 Å². The van der Waals surface area contributed by atoms with E-state index in [1.807, 2.05) is 34.6 Å². The van der Waals surface area contributed by atoms with Crippen LogP contribution in [0.4, 0.5) is 10.6 Å². The first-order chi connectivity index (χ1) is 13.0. The van der Waals surface area contributed by atoms with Gasteiger partial charge in [0.1, 0.15) is 5.60 Å². The summed E-state index contributed by atoms with van der Waals surface area (Å²) < 4.78 is 5.42. The van der Waals surface area contributed by atoms with Crippen molar-refractivity contribution < 1.29 is 19.1 Å². The third kappa shape index (κ3) is 4.28. The van der Waals surface area contributed by atoms with E-state index in [4.69, 9.17) is 4.74 Å². The maximum atomic E-state index is 12.6. The van der Waals surface area contributed by atoms with E-state index >= 15 is 0 Å². The summed E-state index contributed by atoms with van der Waals surface area (Å²) in [5, 5.41) is 9.99. The van der Waals surface area contributed by atoms with Gasteiger partial charge in [-0.2, -0.15) is 5.10 Å². The van der Waals surface area contributed by atoms with Crippen LogP contribution in [0.1, 0.15) is 52.3 Å². The lowest BCUT2D eigenvalue weighted by molar-refractivity contribution is -0.129. The number of amides is 3. The predicted octanol–water partition coefficient (Wildman–Crippen LogP) is 1.90. The molecule has 1 fully saturated rings. The lowest BCUT2D eigenvalue weighted by Gasteiger charge is -2.29. The molecular weight excluding hydrogens is 362 g/mol. The fourth-order valence-corrected chi connectivity index (χ4v) is 3.53. The molecule has 2 aliphatic heterocycles. The van der Waals surface area contributed by atoms with Gasteiger partial charge in [0.05, 0.1) is 18.2 Å². The average Bonchev–Trinajstić information content (AvgIpc) is 3.16. The molecule has 9 nitrogen and oxygen atoms in total. The number of hydrogen-bond donors (Lipinski definition) is 2. The molecule has 1 saturated heterocycles. The number of nitrogens with one attached hydrogen (secondary N) is 2. The number of carbonyl (C=O) groups excluding carboxylic acids is 3. The van der Waals surface area contributed by atoms with Gasteiger partial charge in [-0.05, 0) is 41.0 Å². The molecule has 2 aliphatic rings. The molecule has 3 amide bonds. The van der Waals surface area contributed by atoms with Crippen LogP contribution in [0.3, 0.4) is 0 Å². The second kappa shape index (κ2) is 7.44. The fraction of sp³-hybridized carbons (Fsp3) is 0.684. The number of aromatic amines is 1. The van der Waals surface area contributed by atoms with Gasteiger partial charge < -0.3 is 19.9 Å². The zero-order valence-electron chi connectivity index (χ0n) is 17.2. The highest BCUT2D eigenvalue weighted by atomic mass is 16.6. The van der Waals surface area contributed by atoms with Crippen LogP contribution in [-0.2, 0) is 27.3 Å². The van der Waals surface area contributed by atoms with E-state index in [2.05, 4.69) is 15.5 Å². The fourth-order valence-electron chi connectivity index (χ4n) is 3.53. The maximum absolute atomic E-state index is 12.6. The van der Waals surface area contributed by atoms with Crippen LogP contribution in [0.5, 0.6) is 0 Å². The molecule has 154 valence electrons. The molecule has 28 heavy (non-hydrogen) atoms. The highest BCUT2D eigenvalue weighted by molar-refractivity contribution is 5.97. The van der Waals surface area contributed by atoms with E-state index in [-0.39, 0.29) is 36.3 Å². The van der Waals surface area contributed by atoms with Gasteiger partial charge in [0.15, 0.2) is 5.82 Å². The zero-order valence-corrected chi connectivity index (χ0v) is 17.2. The monoisotopic (exact) mass is 391 g/mol. The van der Waals surface area contributed by atoms with Crippen LogP contribution in [0.15, 0.2) is 0 Å². The van der Waals surface area contributed by atoms with E-state index in [1.165, 1.54) is 0 Å². The quantitative estimate of drug-likeness (QED) is 0.818. The van der Waals surface area contributed by atoms with Gasteiger partial charge in [-0.15, -0.1) is 0 Å². The minimum Gasteiger partial charge on any atom is -0.444 e. The standard InChI is InChI=1S/C19H29N5O4/c1-11(2)24-9-12(8-15(24)25)17(26)20-16-13-6-7-23(10-14(13)21-22-16)18(27)28-19(3,4)5/h11-12H,6-10H2,1-5H3,(H2,20,21,22,26). The Morgan fingerprint density at radius 1 is 1.32 bits per heavy atom. The molecule has 9 heteroatoms. The van der Waals surface area contributed by atoms with Gasteiger partial charge in [-0.1, -0.05) is 0 Å². The summed E-state index contributed by atoms with van der Waals surface area (Å²) in [5.41, 5.74) is 1.14. The third-order valence-corrected chi connectivity index (χ3v) is 4.98. The number of anilines is 1. The largest absolute Gasteiger partial charge is 0.444 e. The molecule has 0 bridgehead atoms. The highest BCUT2D eigenvalue weighted by Crippen LogP contribution is 2.27. The predicted molar refractivity (Wildman–Crippen MR) is 103 cm³/mol. The topological polar surface area (TPSA) is 108 Å². The van der Waals surface area contributed by atoms with Gasteiger partial charge in [0.2, 0.25) is 11.8 Å². The molecule has 1 atom stereocenters. The smallest absolute Gasteiger partial charge is 0.410 e. The van der Waals surface area contributed by atoms with Crippen LogP contribution in [0.25, 0.3) is 0 Å². The van der Waals surface area contributed by atoms with E-state index in [1.54, 1.807) is 9.80 Å². The summed E-state index contributed by atoms with van der Waals surface area (Å²) in [6, 6.07) is 0.0854. The summed E-state index contributed by atoms with van der Waals surface area (Å²) in [4.78, 5) is 40.3. The molecule has 3 rings (SSSR count). The molecule has 0 aromatic carbocycles. The second-order valence-electron chi connectivity index (χ2n) is 8.71. The molecule has 2 N–H and O–H groups in total. The Morgan fingerprint density at radius 3 is 2.64 bits per heavy atom. The number of carbonyl (C=O) groups is 3. The van der Waals surface area contributed by atoms with Gasteiger partial charge in [0.25, 0.3) is 0 Å². The van der Waals surface area contributed by atoms with Gasteiger partial charge >= 0.3 is 6.09 Å². The number of hydrogen-bond acceptors (Lipinski definition) is 5. The van der Waals surface area contributed by atoms with Crippen molar-refractivity contribution in [2.24, 2.45) is 5.92 Å². The summed E-state index contributed by atoms with van der Waals surface area (Å²) in [6.45, 7) is 10.7. The Morgan fingerprint density at radius 2 is 2.04 bits per heavy atom. The van der Waals surface area contributed by atoms with Crippen molar-refractivity contribution in [1.29, 1.82) is 0 Å². The van der Waals surface area contributed by atoms with Crippen molar-refractivity contribution in [1.82, 2.24) is 20.0 Å².